The fourth-order valence-corrected chi connectivity index (χ4v) is 1.23. The third-order valence-electron chi connectivity index (χ3n) is 2.00. The minimum atomic E-state index is -0.571. The molecule has 3 heteroatoms. The lowest BCUT2D eigenvalue weighted by Crippen LogP contribution is -2.32. The zero-order valence-corrected chi connectivity index (χ0v) is 7.03. The van der Waals surface area contributed by atoms with E-state index in [-0.39, 0.29) is 6.61 Å². The molecule has 11 heavy (non-hydrogen) atoms. The van der Waals surface area contributed by atoms with Crippen LogP contribution in [-0.2, 0) is 0 Å². The first-order chi connectivity index (χ1) is 5.22. The Bertz CT molecular complexity index is 115. The van der Waals surface area contributed by atoms with Crippen LogP contribution in [0, 0.1) is 5.92 Å². The van der Waals surface area contributed by atoms with Crippen LogP contribution >= 0.6 is 0 Å². The molecular weight excluding hydrogens is 142 g/mol. The lowest BCUT2D eigenvalue weighted by atomic mass is 10.3. The predicted octanol–water partition coefficient (Wildman–Crippen LogP) is -0.319. The Kier molecular flexibility index (Phi) is 3.30. The third kappa shape index (κ3) is 3.70. The molecule has 1 rings (SSSR count). The molecule has 66 valence electrons. The molecule has 0 aromatic heterocycles. The van der Waals surface area contributed by atoms with Crippen molar-refractivity contribution in [1.82, 2.24) is 4.90 Å². The summed E-state index contributed by atoms with van der Waals surface area (Å²) in [6.07, 6.45) is 2.10. The van der Waals surface area contributed by atoms with E-state index in [2.05, 4.69) is 4.90 Å². The maximum Gasteiger partial charge on any atom is 0.0897 e. The number of hydrogen-bond donors (Lipinski definition) is 2. The summed E-state index contributed by atoms with van der Waals surface area (Å²) in [4.78, 5) is 2.08. The van der Waals surface area contributed by atoms with Gasteiger partial charge >= 0.3 is 0 Å². The quantitative estimate of drug-likeness (QED) is 0.578. The molecule has 0 amide bonds. The smallest absolute Gasteiger partial charge is 0.0897 e. The molecule has 1 unspecified atom stereocenters. The van der Waals surface area contributed by atoms with Gasteiger partial charge in [0, 0.05) is 13.1 Å². The monoisotopic (exact) mass is 159 g/mol. The summed E-state index contributed by atoms with van der Waals surface area (Å²) >= 11 is 0. The first-order valence-corrected chi connectivity index (χ1v) is 4.20. The average Bonchev–Trinajstić information content (AvgIpc) is 2.71. The topological polar surface area (TPSA) is 43.7 Å². The van der Waals surface area contributed by atoms with Crippen LogP contribution in [0.25, 0.3) is 0 Å². The minimum Gasteiger partial charge on any atom is -0.394 e. The molecule has 0 radical (unpaired) electrons. The Labute approximate surface area is 67.6 Å². The molecule has 0 aliphatic heterocycles. The largest absolute Gasteiger partial charge is 0.394 e. The van der Waals surface area contributed by atoms with Crippen molar-refractivity contribution in [1.29, 1.82) is 0 Å². The standard InChI is InChI=1S/C8H17NO2/c1-9(4-7-2-3-7)5-8(11)6-10/h7-8,10-11H,2-6H2,1H3. The van der Waals surface area contributed by atoms with Gasteiger partial charge in [0.25, 0.3) is 0 Å². The SMILES string of the molecule is CN(CC(O)CO)CC1CC1. The van der Waals surface area contributed by atoms with Crippen molar-refractivity contribution in [3.8, 4) is 0 Å². The van der Waals surface area contributed by atoms with Gasteiger partial charge in [0.15, 0.2) is 0 Å². The highest BCUT2D eigenvalue weighted by molar-refractivity contribution is 4.76. The van der Waals surface area contributed by atoms with Crippen molar-refractivity contribution >= 4 is 0 Å². The van der Waals surface area contributed by atoms with Crippen molar-refractivity contribution < 1.29 is 10.2 Å². The molecular formula is C8H17NO2. The molecule has 1 fully saturated rings. The normalized spacial score (nSPS) is 20.7. The van der Waals surface area contributed by atoms with Crippen LogP contribution in [0.15, 0.2) is 0 Å². The Morgan fingerprint density at radius 1 is 1.55 bits per heavy atom. The lowest BCUT2D eigenvalue weighted by Gasteiger charge is -2.18. The Hall–Kier alpha value is -0.120. The Balaban J connectivity index is 2.03. The fourth-order valence-electron chi connectivity index (χ4n) is 1.23. The van der Waals surface area contributed by atoms with E-state index >= 15 is 0 Å². The van der Waals surface area contributed by atoms with Gasteiger partial charge in [-0.05, 0) is 25.8 Å². The van der Waals surface area contributed by atoms with Gasteiger partial charge in [0.2, 0.25) is 0 Å². The highest BCUT2D eigenvalue weighted by atomic mass is 16.3. The summed E-state index contributed by atoms with van der Waals surface area (Å²) < 4.78 is 0. The molecule has 0 aromatic carbocycles. The number of rotatable bonds is 5. The van der Waals surface area contributed by atoms with E-state index in [0.717, 1.165) is 12.5 Å². The van der Waals surface area contributed by atoms with E-state index in [1.807, 2.05) is 7.05 Å². The summed E-state index contributed by atoms with van der Waals surface area (Å²) in [5.41, 5.74) is 0. The number of aliphatic hydroxyl groups is 2. The molecule has 1 aliphatic rings. The summed E-state index contributed by atoms with van der Waals surface area (Å²) in [5.74, 6) is 0.853. The first-order valence-electron chi connectivity index (χ1n) is 4.20. The number of hydrogen-bond acceptors (Lipinski definition) is 3. The number of nitrogens with zero attached hydrogens (tertiary/aromatic N) is 1. The van der Waals surface area contributed by atoms with Crippen LogP contribution < -0.4 is 0 Å². The number of likely N-dealkylation sites (N-methyl/N-ethyl adjacent to an activating group) is 1. The van der Waals surface area contributed by atoms with Crippen LogP contribution in [0.1, 0.15) is 12.8 Å². The van der Waals surface area contributed by atoms with Crippen LogP contribution in [0.2, 0.25) is 0 Å². The molecule has 0 heterocycles. The molecule has 3 nitrogen and oxygen atoms in total. The second-order valence-electron chi connectivity index (χ2n) is 3.50. The summed E-state index contributed by atoms with van der Waals surface area (Å²) in [6.45, 7) is 1.53. The maximum absolute atomic E-state index is 9.07. The van der Waals surface area contributed by atoms with E-state index in [4.69, 9.17) is 10.2 Å². The number of aliphatic hydroxyl groups excluding tert-OH is 2. The molecule has 1 saturated carbocycles. The van der Waals surface area contributed by atoms with Gasteiger partial charge in [-0.1, -0.05) is 0 Å². The fraction of sp³-hybridized carbons (Fsp3) is 1.00. The Morgan fingerprint density at radius 2 is 2.18 bits per heavy atom. The van der Waals surface area contributed by atoms with E-state index in [0.29, 0.717) is 6.54 Å². The minimum absolute atomic E-state index is 0.130. The van der Waals surface area contributed by atoms with Gasteiger partial charge in [-0.15, -0.1) is 0 Å². The molecule has 0 spiro atoms. The van der Waals surface area contributed by atoms with Crippen molar-refractivity contribution in [2.24, 2.45) is 5.92 Å². The van der Waals surface area contributed by atoms with Crippen LogP contribution in [-0.4, -0.2) is 48.0 Å². The van der Waals surface area contributed by atoms with Gasteiger partial charge in [-0.25, -0.2) is 0 Å². The highest BCUT2D eigenvalue weighted by Gasteiger charge is 2.23. The van der Waals surface area contributed by atoms with E-state index < -0.39 is 6.10 Å². The molecule has 0 aromatic rings. The molecule has 0 bridgehead atoms. The molecule has 1 atom stereocenters. The van der Waals surface area contributed by atoms with Crippen LogP contribution in [0.4, 0.5) is 0 Å². The summed E-state index contributed by atoms with van der Waals surface area (Å²) in [6, 6.07) is 0. The first kappa shape index (κ1) is 8.97. The summed E-state index contributed by atoms with van der Waals surface area (Å²) in [5, 5.41) is 17.6. The zero-order chi connectivity index (χ0) is 8.27. The zero-order valence-electron chi connectivity index (χ0n) is 7.03. The van der Waals surface area contributed by atoms with Gasteiger partial charge < -0.3 is 15.1 Å². The van der Waals surface area contributed by atoms with E-state index in [1.165, 1.54) is 12.8 Å². The van der Waals surface area contributed by atoms with Gasteiger partial charge in [-0.2, -0.15) is 0 Å². The molecule has 2 N–H and O–H groups in total. The molecule has 0 saturated heterocycles. The van der Waals surface area contributed by atoms with E-state index in [1.54, 1.807) is 0 Å². The van der Waals surface area contributed by atoms with Gasteiger partial charge in [0.1, 0.15) is 0 Å². The third-order valence-corrected chi connectivity index (χ3v) is 2.00. The molecule has 1 aliphatic carbocycles. The maximum atomic E-state index is 9.07. The van der Waals surface area contributed by atoms with E-state index in [9.17, 15) is 0 Å². The second-order valence-corrected chi connectivity index (χ2v) is 3.50. The summed E-state index contributed by atoms with van der Waals surface area (Å²) in [7, 11) is 1.98. The second kappa shape index (κ2) is 4.04. The van der Waals surface area contributed by atoms with Gasteiger partial charge in [-0.3, -0.25) is 0 Å². The van der Waals surface area contributed by atoms with Crippen LogP contribution in [0.3, 0.4) is 0 Å². The van der Waals surface area contributed by atoms with Gasteiger partial charge in [0.05, 0.1) is 12.7 Å². The Morgan fingerprint density at radius 3 is 2.64 bits per heavy atom. The van der Waals surface area contributed by atoms with Crippen molar-refractivity contribution in [2.75, 3.05) is 26.7 Å². The highest BCUT2D eigenvalue weighted by Crippen LogP contribution is 2.29. The van der Waals surface area contributed by atoms with Crippen molar-refractivity contribution in [3.05, 3.63) is 0 Å². The average molecular weight is 159 g/mol. The van der Waals surface area contributed by atoms with Crippen molar-refractivity contribution in [3.63, 3.8) is 0 Å². The van der Waals surface area contributed by atoms with Crippen molar-refractivity contribution in [2.45, 2.75) is 18.9 Å². The lowest BCUT2D eigenvalue weighted by molar-refractivity contribution is 0.0655. The predicted molar refractivity (Wildman–Crippen MR) is 43.3 cm³/mol. The van der Waals surface area contributed by atoms with Crippen LogP contribution in [0.5, 0.6) is 0 Å².